The molecule has 0 aromatic heterocycles. The molecule has 0 saturated heterocycles. The molecule has 0 atom stereocenters. The van der Waals surface area contributed by atoms with Gasteiger partial charge in [-0.3, -0.25) is 0 Å². The smallest absolute Gasteiger partial charge is 0.335 e. The van der Waals surface area contributed by atoms with Gasteiger partial charge in [-0.15, -0.1) is 0 Å². The van der Waals surface area contributed by atoms with Crippen molar-refractivity contribution in [1.29, 1.82) is 0 Å². The zero-order valence-electron chi connectivity index (χ0n) is 10.2. The maximum absolute atomic E-state index is 13.8. The van der Waals surface area contributed by atoms with Gasteiger partial charge in [0.2, 0.25) is 0 Å². The van der Waals surface area contributed by atoms with Crippen LogP contribution in [0.15, 0.2) is 36.4 Å². The summed E-state index contributed by atoms with van der Waals surface area (Å²) in [5, 5.41) is 8.89. The number of hydrogen-bond donors (Lipinski definition) is 2. The van der Waals surface area contributed by atoms with Crippen molar-refractivity contribution in [2.75, 3.05) is 5.73 Å². The van der Waals surface area contributed by atoms with E-state index in [1.54, 1.807) is 19.1 Å². The first kappa shape index (κ1) is 12.9. The summed E-state index contributed by atoms with van der Waals surface area (Å²) in [5.74, 6) is -1.48. The molecule has 0 aliphatic heterocycles. The fourth-order valence-corrected chi connectivity index (χ4v) is 1.57. The van der Waals surface area contributed by atoms with Crippen molar-refractivity contribution >= 4 is 11.7 Å². The first-order valence-electron chi connectivity index (χ1n) is 5.55. The monoisotopic (exact) mass is 261 g/mol. The van der Waals surface area contributed by atoms with Crippen molar-refractivity contribution in [3.05, 3.63) is 53.3 Å². The van der Waals surface area contributed by atoms with Crippen LogP contribution in [0.1, 0.15) is 15.9 Å². The van der Waals surface area contributed by atoms with Crippen LogP contribution in [0.5, 0.6) is 11.5 Å². The maximum atomic E-state index is 13.8. The van der Waals surface area contributed by atoms with Crippen LogP contribution in [0.4, 0.5) is 10.1 Å². The molecule has 0 bridgehead atoms. The van der Waals surface area contributed by atoms with E-state index in [2.05, 4.69) is 0 Å². The van der Waals surface area contributed by atoms with Crippen LogP contribution in [0.25, 0.3) is 0 Å². The molecule has 2 aromatic rings. The third-order valence-electron chi connectivity index (χ3n) is 2.64. The Hall–Kier alpha value is -2.56. The lowest BCUT2D eigenvalue weighted by Gasteiger charge is -2.10. The molecule has 98 valence electrons. The molecule has 0 radical (unpaired) electrons. The second-order valence-electron chi connectivity index (χ2n) is 4.05. The summed E-state index contributed by atoms with van der Waals surface area (Å²) in [6.07, 6.45) is 0. The molecule has 2 rings (SSSR count). The summed E-state index contributed by atoms with van der Waals surface area (Å²) in [7, 11) is 0. The molecule has 2 aromatic carbocycles. The number of halogens is 1. The lowest BCUT2D eigenvalue weighted by atomic mass is 10.2. The third kappa shape index (κ3) is 2.65. The number of rotatable bonds is 3. The van der Waals surface area contributed by atoms with Gasteiger partial charge in [0.15, 0.2) is 17.3 Å². The van der Waals surface area contributed by atoms with Gasteiger partial charge in [0.05, 0.1) is 11.3 Å². The highest BCUT2D eigenvalue weighted by Crippen LogP contribution is 2.31. The van der Waals surface area contributed by atoms with E-state index in [-0.39, 0.29) is 22.7 Å². The van der Waals surface area contributed by atoms with Gasteiger partial charge < -0.3 is 15.6 Å². The van der Waals surface area contributed by atoms with Crippen molar-refractivity contribution in [1.82, 2.24) is 0 Å². The fourth-order valence-electron chi connectivity index (χ4n) is 1.57. The second kappa shape index (κ2) is 4.97. The van der Waals surface area contributed by atoms with E-state index in [1.807, 2.05) is 0 Å². The van der Waals surface area contributed by atoms with Crippen LogP contribution in [0.3, 0.4) is 0 Å². The average molecular weight is 261 g/mol. The summed E-state index contributed by atoms with van der Waals surface area (Å²) in [6, 6.07) is 8.74. The molecule has 4 nitrogen and oxygen atoms in total. The second-order valence-corrected chi connectivity index (χ2v) is 4.05. The topological polar surface area (TPSA) is 72.5 Å². The highest BCUT2D eigenvalue weighted by atomic mass is 19.1. The first-order chi connectivity index (χ1) is 8.99. The number of ether oxygens (including phenoxy) is 1. The van der Waals surface area contributed by atoms with Crippen LogP contribution in [0, 0.1) is 12.7 Å². The van der Waals surface area contributed by atoms with Crippen molar-refractivity contribution in [2.45, 2.75) is 6.92 Å². The van der Waals surface area contributed by atoms with Gasteiger partial charge in [-0.05, 0) is 36.8 Å². The van der Waals surface area contributed by atoms with Crippen molar-refractivity contribution in [2.24, 2.45) is 0 Å². The largest absolute Gasteiger partial charge is 0.478 e. The lowest BCUT2D eigenvalue weighted by Crippen LogP contribution is -2.00. The molecular formula is C14H12FNO3. The Bertz CT molecular complexity index is 641. The third-order valence-corrected chi connectivity index (χ3v) is 2.64. The molecule has 0 amide bonds. The summed E-state index contributed by atoms with van der Waals surface area (Å²) in [4.78, 5) is 10.9. The zero-order valence-corrected chi connectivity index (χ0v) is 10.2. The minimum Gasteiger partial charge on any atom is -0.478 e. The zero-order chi connectivity index (χ0) is 14.0. The van der Waals surface area contributed by atoms with Crippen molar-refractivity contribution < 1.29 is 19.0 Å². The Kier molecular flexibility index (Phi) is 3.37. The normalized spacial score (nSPS) is 10.2. The van der Waals surface area contributed by atoms with Gasteiger partial charge in [0.1, 0.15) is 0 Å². The SMILES string of the molecule is Cc1cccc(Oc2cc(C(=O)O)ccc2N)c1F. The van der Waals surface area contributed by atoms with E-state index < -0.39 is 11.8 Å². The van der Waals surface area contributed by atoms with Gasteiger partial charge in [-0.25, -0.2) is 9.18 Å². The summed E-state index contributed by atoms with van der Waals surface area (Å²) in [6.45, 7) is 1.61. The van der Waals surface area contributed by atoms with Crippen LogP contribution < -0.4 is 10.5 Å². The molecule has 3 N–H and O–H groups in total. The molecule has 0 aliphatic rings. The van der Waals surface area contributed by atoms with E-state index in [1.165, 1.54) is 24.3 Å². The molecule has 0 unspecified atom stereocenters. The standard InChI is InChI=1S/C14H12FNO3/c1-8-3-2-4-11(13(8)15)19-12-7-9(14(17)18)5-6-10(12)16/h2-7H,16H2,1H3,(H,17,18). The van der Waals surface area contributed by atoms with Gasteiger partial charge in [-0.1, -0.05) is 12.1 Å². The van der Waals surface area contributed by atoms with Crippen molar-refractivity contribution in [3.8, 4) is 11.5 Å². The summed E-state index contributed by atoms with van der Waals surface area (Å²) < 4.78 is 19.1. The molecule has 5 heteroatoms. The number of carboxylic acid groups (broad SMARTS) is 1. The summed E-state index contributed by atoms with van der Waals surface area (Å²) in [5.41, 5.74) is 6.39. The van der Waals surface area contributed by atoms with Gasteiger partial charge in [0.25, 0.3) is 0 Å². The Morgan fingerprint density at radius 2 is 2.00 bits per heavy atom. The Labute approximate surface area is 109 Å². The maximum Gasteiger partial charge on any atom is 0.335 e. The number of aromatic carboxylic acids is 1. The van der Waals surface area contributed by atoms with Gasteiger partial charge in [-0.2, -0.15) is 0 Å². The van der Waals surface area contributed by atoms with E-state index in [0.29, 0.717) is 5.56 Å². The number of hydrogen-bond acceptors (Lipinski definition) is 3. The quantitative estimate of drug-likeness (QED) is 0.832. The number of anilines is 1. The molecule has 0 saturated carbocycles. The number of carboxylic acids is 1. The van der Waals surface area contributed by atoms with Gasteiger partial charge >= 0.3 is 5.97 Å². The molecule has 0 spiro atoms. The van der Waals surface area contributed by atoms with E-state index in [4.69, 9.17) is 15.6 Å². The van der Waals surface area contributed by atoms with Gasteiger partial charge in [0, 0.05) is 0 Å². The Morgan fingerprint density at radius 1 is 1.26 bits per heavy atom. The number of benzene rings is 2. The Morgan fingerprint density at radius 3 is 2.68 bits per heavy atom. The van der Waals surface area contributed by atoms with Crippen LogP contribution >= 0.6 is 0 Å². The molecule has 0 fully saturated rings. The Balaban J connectivity index is 2.40. The predicted octanol–water partition coefficient (Wildman–Crippen LogP) is 3.21. The molecule has 0 heterocycles. The van der Waals surface area contributed by atoms with Crippen LogP contribution in [-0.4, -0.2) is 11.1 Å². The molecular weight excluding hydrogens is 249 g/mol. The number of nitrogen functional groups attached to an aromatic ring is 1. The first-order valence-corrected chi connectivity index (χ1v) is 5.55. The number of nitrogens with two attached hydrogens (primary N) is 1. The van der Waals surface area contributed by atoms with E-state index >= 15 is 0 Å². The predicted molar refractivity (Wildman–Crippen MR) is 69.0 cm³/mol. The minimum atomic E-state index is -1.10. The highest BCUT2D eigenvalue weighted by Gasteiger charge is 2.11. The number of carbonyl (C=O) groups is 1. The summed E-state index contributed by atoms with van der Waals surface area (Å²) >= 11 is 0. The van der Waals surface area contributed by atoms with Crippen LogP contribution in [0.2, 0.25) is 0 Å². The van der Waals surface area contributed by atoms with E-state index in [0.717, 1.165) is 0 Å². The fraction of sp³-hybridized carbons (Fsp3) is 0.0714. The highest BCUT2D eigenvalue weighted by molar-refractivity contribution is 5.89. The van der Waals surface area contributed by atoms with Crippen LogP contribution in [-0.2, 0) is 0 Å². The van der Waals surface area contributed by atoms with Crippen molar-refractivity contribution in [3.63, 3.8) is 0 Å². The minimum absolute atomic E-state index is 0.00855. The molecule has 0 aliphatic carbocycles. The average Bonchev–Trinajstić information content (AvgIpc) is 2.37. The van der Waals surface area contributed by atoms with E-state index in [9.17, 15) is 9.18 Å². The lowest BCUT2D eigenvalue weighted by molar-refractivity contribution is 0.0696. The number of aryl methyl sites for hydroxylation is 1. The molecule has 19 heavy (non-hydrogen) atoms.